The molecule has 1 fully saturated rings. The second-order valence-electron chi connectivity index (χ2n) is 6.95. The highest BCUT2D eigenvalue weighted by atomic mass is 35.5. The summed E-state index contributed by atoms with van der Waals surface area (Å²) in [6.45, 7) is 4.07. The van der Waals surface area contributed by atoms with Gasteiger partial charge >= 0.3 is 0 Å². The second kappa shape index (κ2) is 5.68. The van der Waals surface area contributed by atoms with Crippen molar-refractivity contribution >= 4 is 17.3 Å². The van der Waals surface area contributed by atoms with E-state index in [9.17, 15) is 0 Å². The number of halogens is 1. The fourth-order valence-electron chi connectivity index (χ4n) is 4.58. The molecule has 3 heterocycles. The van der Waals surface area contributed by atoms with Crippen molar-refractivity contribution in [1.29, 1.82) is 0 Å². The van der Waals surface area contributed by atoms with Crippen LogP contribution in [0.2, 0.25) is 5.02 Å². The Kier molecular flexibility index (Phi) is 3.46. The van der Waals surface area contributed by atoms with Crippen LogP contribution >= 0.6 is 11.6 Å². The molecule has 0 amide bonds. The maximum absolute atomic E-state index is 6.45. The molecule has 2 aromatic carbocycles. The van der Waals surface area contributed by atoms with Crippen molar-refractivity contribution in [3.63, 3.8) is 0 Å². The summed E-state index contributed by atoms with van der Waals surface area (Å²) in [5, 5.41) is 4.37. The number of hydrogen-bond acceptors (Lipinski definition) is 3. The molecule has 2 aromatic rings. The van der Waals surface area contributed by atoms with Crippen LogP contribution in [-0.2, 0) is 0 Å². The molecule has 0 unspecified atom stereocenters. The van der Waals surface area contributed by atoms with Gasteiger partial charge in [-0.3, -0.25) is 0 Å². The lowest BCUT2D eigenvalue weighted by molar-refractivity contribution is 0.319. The van der Waals surface area contributed by atoms with Crippen LogP contribution in [0.25, 0.3) is 11.1 Å². The average Bonchev–Trinajstić information content (AvgIpc) is 2.77. The molecule has 3 nitrogen and oxygen atoms in total. The van der Waals surface area contributed by atoms with Crippen LogP contribution in [-0.4, -0.2) is 32.3 Å². The van der Waals surface area contributed by atoms with Crippen molar-refractivity contribution in [2.24, 2.45) is 0 Å². The van der Waals surface area contributed by atoms with E-state index in [1.54, 1.807) is 0 Å². The molecular formula is C20H21ClN2O. The van der Waals surface area contributed by atoms with Crippen LogP contribution < -0.4 is 15.0 Å². The molecule has 24 heavy (non-hydrogen) atoms. The van der Waals surface area contributed by atoms with Crippen molar-refractivity contribution in [3.8, 4) is 16.9 Å². The third kappa shape index (κ3) is 2.15. The number of anilines is 1. The van der Waals surface area contributed by atoms with E-state index >= 15 is 0 Å². The minimum atomic E-state index is 0.552. The zero-order valence-electron chi connectivity index (χ0n) is 13.6. The maximum Gasteiger partial charge on any atom is 0.143 e. The summed E-state index contributed by atoms with van der Waals surface area (Å²) in [5.74, 6) is 1.59. The first-order valence-corrected chi connectivity index (χ1v) is 9.24. The SMILES string of the molecule is Clc1ccccc1-c1cc2c3c(c1)[C@@H]1CNCC[C@@H]1N3CCCO2. The van der Waals surface area contributed by atoms with Crippen molar-refractivity contribution in [3.05, 3.63) is 47.0 Å². The Hall–Kier alpha value is -1.71. The molecule has 5 rings (SSSR count). The molecule has 3 aliphatic heterocycles. The second-order valence-corrected chi connectivity index (χ2v) is 7.36. The van der Waals surface area contributed by atoms with Crippen LogP contribution in [0.3, 0.4) is 0 Å². The number of nitrogens with one attached hydrogen (secondary N) is 1. The molecule has 0 aliphatic carbocycles. The van der Waals surface area contributed by atoms with Gasteiger partial charge in [0.25, 0.3) is 0 Å². The summed E-state index contributed by atoms with van der Waals surface area (Å²) in [4.78, 5) is 2.61. The number of fused-ring (bicyclic) bond motifs is 3. The molecule has 4 heteroatoms. The minimum absolute atomic E-state index is 0.552. The van der Waals surface area contributed by atoms with E-state index in [4.69, 9.17) is 16.3 Å². The first-order valence-electron chi connectivity index (χ1n) is 8.86. The molecule has 3 aliphatic rings. The number of ether oxygens (including phenoxy) is 1. The highest BCUT2D eigenvalue weighted by molar-refractivity contribution is 6.33. The van der Waals surface area contributed by atoms with Gasteiger partial charge in [0.2, 0.25) is 0 Å². The zero-order chi connectivity index (χ0) is 16.1. The molecular weight excluding hydrogens is 320 g/mol. The smallest absolute Gasteiger partial charge is 0.143 e. The van der Waals surface area contributed by atoms with Crippen LogP contribution in [0.4, 0.5) is 5.69 Å². The fourth-order valence-corrected chi connectivity index (χ4v) is 4.82. The molecule has 2 atom stereocenters. The summed E-state index contributed by atoms with van der Waals surface area (Å²) in [6.07, 6.45) is 2.30. The van der Waals surface area contributed by atoms with Gasteiger partial charge in [-0.25, -0.2) is 0 Å². The highest BCUT2D eigenvalue weighted by Crippen LogP contribution is 2.51. The van der Waals surface area contributed by atoms with Crippen molar-refractivity contribution in [2.75, 3.05) is 31.1 Å². The van der Waals surface area contributed by atoms with E-state index in [2.05, 4.69) is 28.4 Å². The van der Waals surface area contributed by atoms with Gasteiger partial charge in [0.05, 0.1) is 12.3 Å². The Morgan fingerprint density at radius 2 is 2.12 bits per heavy atom. The normalized spacial score (nSPS) is 24.8. The predicted molar refractivity (Wildman–Crippen MR) is 98.4 cm³/mol. The molecule has 0 spiro atoms. The van der Waals surface area contributed by atoms with Gasteiger partial charge in [0.1, 0.15) is 5.75 Å². The molecule has 0 radical (unpaired) electrons. The van der Waals surface area contributed by atoms with E-state index in [1.807, 2.05) is 18.2 Å². The number of nitrogens with zero attached hydrogens (tertiary/aromatic N) is 1. The fraction of sp³-hybridized carbons (Fsp3) is 0.400. The van der Waals surface area contributed by atoms with Gasteiger partial charge in [-0.1, -0.05) is 29.8 Å². The molecule has 1 saturated heterocycles. The summed E-state index contributed by atoms with van der Waals surface area (Å²) in [6, 6.07) is 13.2. The Morgan fingerprint density at radius 3 is 3.04 bits per heavy atom. The number of hydrogen-bond donors (Lipinski definition) is 1. The summed E-state index contributed by atoms with van der Waals surface area (Å²) in [5.41, 5.74) is 5.02. The van der Waals surface area contributed by atoms with Gasteiger partial charge in [-0.05, 0) is 48.7 Å². The molecule has 0 aromatic heterocycles. The van der Waals surface area contributed by atoms with E-state index in [-0.39, 0.29) is 0 Å². The molecule has 124 valence electrons. The third-order valence-electron chi connectivity index (χ3n) is 5.62. The standard InChI is InChI=1S/C20H21ClN2O/c21-17-5-2-1-4-14(17)13-10-15-16-12-22-7-6-18(16)23-8-3-9-24-19(11-13)20(15)23/h1-2,4-5,10-11,16,18,22H,3,6-9,12H2/t16-,18-/m0/s1. The van der Waals surface area contributed by atoms with Gasteiger partial charge in [-0.2, -0.15) is 0 Å². The van der Waals surface area contributed by atoms with Gasteiger partial charge < -0.3 is 15.0 Å². The Bertz CT molecular complexity index is 791. The number of rotatable bonds is 1. The van der Waals surface area contributed by atoms with Crippen molar-refractivity contribution in [2.45, 2.75) is 24.8 Å². The Labute approximate surface area is 147 Å². The summed E-state index contributed by atoms with van der Waals surface area (Å²) in [7, 11) is 0. The van der Waals surface area contributed by atoms with E-state index in [0.29, 0.717) is 12.0 Å². The van der Waals surface area contributed by atoms with Gasteiger partial charge in [-0.15, -0.1) is 0 Å². The van der Waals surface area contributed by atoms with Crippen molar-refractivity contribution < 1.29 is 4.74 Å². The lowest BCUT2D eigenvalue weighted by Gasteiger charge is -2.33. The Balaban J connectivity index is 1.70. The maximum atomic E-state index is 6.45. The molecule has 0 bridgehead atoms. The number of benzene rings is 2. The monoisotopic (exact) mass is 340 g/mol. The van der Waals surface area contributed by atoms with Crippen LogP contribution in [0, 0.1) is 0 Å². The topological polar surface area (TPSA) is 24.5 Å². The Morgan fingerprint density at radius 1 is 1.21 bits per heavy atom. The molecule has 0 saturated carbocycles. The number of piperidine rings is 1. The average molecular weight is 341 g/mol. The van der Waals surface area contributed by atoms with Crippen LogP contribution in [0.5, 0.6) is 5.75 Å². The quantitative estimate of drug-likeness (QED) is 0.847. The molecule has 1 N–H and O–H groups in total. The largest absolute Gasteiger partial charge is 0.491 e. The zero-order valence-corrected chi connectivity index (χ0v) is 14.4. The predicted octanol–water partition coefficient (Wildman–Crippen LogP) is 4.06. The van der Waals surface area contributed by atoms with Gasteiger partial charge in [0.15, 0.2) is 0 Å². The third-order valence-corrected chi connectivity index (χ3v) is 5.95. The van der Waals surface area contributed by atoms with E-state index in [0.717, 1.165) is 49.0 Å². The summed E-state index contributed by atoms with van der Waals surface area (Å²) >= 11 is 6.45. The van der Waals surface area contributed by atoms with Gasteiger partial charge in [0, 0.05) is 35.6 Å². The van der Waals surface area contributed by atoms with Crippen molar-refractivity contribution in [1.82, 2.24) is 5.32 Å². The lowest BCUT2D eigenvalue weighted by Crippen LogP contribution is -2.44. The van der Waals surface area contributed by atoms with E-state index in [1.165, 1.54) is 23.2 Å². The first-order chi connectivity index (χ1) is 11.8. The lowest BCUT2D eigenvalue weighted by atomic mass is 9.88. The van der Waals surface area contributed by atoms with Crippen LogP contribution in [0.1, 0.15) is 24.3 Å². The first kappa shape index (κ1) is 14.6. The van der Waals surface area contributed by atoms with E-state index < -0.39 is 0 Å². The summed E-state index contributed by atoms with van der Waals surface area (Å²) < 4.78 is 6.14. The van der Waals surface area contributed by atoms with Crippen LogP contribution in [0.15, 0.2) is 36.4 Å². The highest BCUT2D eigenvalue weighted by Gasteiger charge is 2.42. The minimum Gasteiger partial charge on any atom is -0.491 e.